The molecule has 5 heteroatoms. The Balaban J connectivity index is 2.47. The zero-order valence-corrected chi connectivity index (χ0v) is 14.0. The number of carbonyl (C=O) groups is 1. The van der Waals surface area contributed by atoms with E-state index in [9.17, 15) is 4.79 Å². The first-order chi connectivity index (χ1) is 10.6. The largest absolute Gasteiger partial charge is 0.463 e. The highest BCUT2D eigenvalue weighted by Gasteiger charge is 2.31. The first kappa shape index (κ1) is 16.5. The van der Waals surface area contributed by atoms with Crippen LogP contribution in [0, 0.1) is 6.92 Å². The van der Waals surface area contributed by atoms with Gasteiger partial charge in [0.15, 0.2) is 5.11 Å². The molecule has 1 heterocycles. The Morgan fingerprint density at radius 1 is 1.27 bits per heavy atom. The van der Waals surface area contributed by atoms with E-state index in [1.54, 1.807) is 0 Å². The van der Waals surface area contributed by atoms with Gasteiger partial charge in [0.05, 0.1) is 18.2 Å². The van der Waals surface area contributed by atoms with Gasteiger partial charge in [0.1, 0.15) is 0 Å². The van der Waals surface area contributed by atoms with Crippen LogP contribution in [0.3, 0.4) is 0 Å². The highest BCUT2D eigenvalue weighted by Crippen LogP contribution is 2.29. The minimum atomic E-state index is -0.293. The van der Waals surface area contributed by atoms with E-state index < -0.39 is 0 Å². The van der Waals surface area contributed by atoms with Crippen molar-refractivity contribution in [1.82, 2.24) is 10.6 Å². The fourth-order valence-electron chi connectivity index (χ4n) is 2.52. The second-order valence-electron chi connectivity index (χ2n) is 5.30. The maximum absolute atomic E-state index is 12.4. The molecule has 1 aromatic carbocycles. The van der Waals surface area contributed by atoms with E-state index in [0.29, 0.717) is 17.3 Å². The van der Waals surface area contributed by atoms with Gasteiger partial charge in [0.25, 0.3) is 0 Å². The Hall–Kier alpha value is -1.88. The van der Waals surface area contributed by atoms with Crippen LogP contribution in [0.1, 0.15) is 43.9 Å². The first-order valence-corrected chi connectivity index (χ1v) is 8.01. The van der Waals surface area contributed by atoms with Gasteiger partial charge < -0.3 is 15.4 Å². The highest BCUT2D eigenvalue weighted by molar-refractivity contribution is 7.80. The predicted molar refractivity (Wildman–Crippen MR) is 91.4 cm³/mol. The summed E-state index contributed by atoms with van der Waals surface area (Å²) in [6.07, 6.45) is 1.69. The molecule has 0 radical (unpaired) electrons. The molecule has 2 rings (SSSR count). The predicted octanol–water partition coefficient (Wildman–Crippen LogP) is 3.13. The minimum absolute atomic E-state index is 0.269. The van der Waals surface area contributed by atoms with Gasteiger partial charge in [0.2, 0.25) is 0 Å². The van der Waals surface area contributed by atoms with Gasteiger partial charge in [-0.1, -0.05) is 43.2 Å². The Morgan fingerprint density at radius 3 is 2.55 bits per heavy atom. The Morgan fingerprint density at radius 2 is 1.95 bits per heavy atom. The van der Waals surface area contributed by atoms with Crippen molar-refractivity contribution in [3.63, 3.8) is 0 Å². The van der Waals surface area contributed by atoms with Crippen molar-refractivity contribution < 1.29 is 9.53 Å². The summed E-state index contributed by atoms with van der Waals surface area (Å²) in [5.74, 6) is -0.293. The van der Waals surface area contributed by atoms with Crippen LogP contribution in [0.2, 0.25) is 0 Å². The second-order valence-corrected chi connectivity index (χ2v) is 5.71. The third-order valence-electron chi connectivity index (χ3n) is 3.56. The summed E-state index contributed by atoms with van der Waals surface area (Å²) in [5.41, 5.74) is 3.67. The number of allylic oxidation sites excluding steroid dienone is 1. The molecule has 1 aromatic rings. The number of esters is 1. The summed E-state index contributed by atoms with van der Waals surface area (Å²) in [5, 5.41) is 6.85. The van der Waals surface area contributed by atoms with Crippen LogP contribution in [0.25, 0.3) is 0 Å². The van der Waals surface area contributed by atoms with Crippen LogP contribution >= 0.6 is 12.2 Å². The number of benzene rings is 1. The van der Waals surface area contributed by atoms with Crippen LogP contribution in [-0.4, -0.2) is 17.7 Å². The Bertz CT molecular complexity index is 593. The number of ether oxygens (including phenoxy) is 1. The molecular formula is C17H22N2O2S. The SMILES string of the molecule is CCCC1=C(C(=O)OCC)C(c2ccc(C)cc2)NC(=S)N1. The van der Waals surface area contributed by atoms with Gasteiger partial charge >= 0.3 is 5.97 Å². The molecule has 0 spiro atoms. The fraction of sp³-hybridized carbons (Fsp3) is 0.412. The number of carbonyl (C=O) groups excluding carboxylic acids is 1. The summed E-state index contributed by atoms with van der Waals surface area (Å²) in [6, 6.07) is 7.83. The van der Waals surface area contributed by atoms with E-state index >= 15 is 0 Å². The number of rotatable bonds is 5. The third kappa shape index (κ3) is 3.65. The average Bonchev–Trinajstić information content (AvgIpc) is 2.48. The first-order valence-electron chi connectivity index (χ1n) is 7.61. The van der Waals surface area contributed by atoms with Crippen LogP contribution in [-0.2, 0) is 9.53 Å². The lowest BCUT2D eigenvalue weighted by molar-refractivity contribution is -0.139. The number of nitrogens with one attached hydrogen (secondary N) is 2. The number of hydrogen-bond acceptors (Lipinski definition) is 3. The Labute approximate surface area is 136 Å². The number of hydrogen-bond donors (Lipinski definition) is 2. The topological polar surface area (TPSA) is 50.4 Å². The lowest BCUT2D eigenvalue weighted by Crippen LogP contribution is -2.45. The van der Waals surface area contributed by atoms with E-state index in [2.05, 4.69) is 17.6 Å². The number of aryl methyl sites for hydroxylation is 1. The lowest BCUT2D eigenvalue weighted by atomic mass is 9.93. The molecule has 2 N–H and O–H groups in total. The third-order valence-corrected chi connectivity index (χ3v) is 3.78. The van der Waals surface area contributed by atoms with Gasteiger partial charge in [0, 0.05) is 5.70 Å². The van der Waals surface area contributed by atoms with Crippen LogP contribution in [0.15, 0.2) is 35.5 Å². The van der Waals surface area contributed by atoms with Crippen molar-refractivity contribution in [2.45, 2.75) is 39.7 Å². The maximum atomic E-state index is 12.4. The zero-order valence-electron chi connectivity index (χ0n) is 13.2. The second kappa shape index (κ2) is 7.40. The molecule has 1 atom stereocenters. The van der Waals surface area contributed by atoms with Crippen molar-refractivity contribution in [2.75, 3.05) is 6.61 Å². The van der Waals surface area contributed by atoms with Crippen molar-refractivity contribution in [2.24, 2.45) is 0 Å². The molecule has 0 bridgehead atoms. The number of thiocarbonyl (C=S) groups is 1. The summed E-state index contributed by atoms with van der Waals surface area (Å²) in [7, 11) is 0. The molecule has 0 amide bonds. The van der Waals surface area contributed by atoms with Crippen molar-refractivity contribution in [3.05, 3.63) is 46.7 Å². The molecule has 1 aliphatic rings. The van der Waals surface area contributed by atoms with Crippen molar-refractivity contribution in [3.8, 4) is 0 Å². The van der Waals surface area contributed by atoms with E-state index in [1.807, 2.05) is 38.1 Å². The van der Waals surface area contributed by atoms with Crippen LogP contribution in [0.4, 0.5) is 0 Å². The zero-order chi connectivity index (χ0) is 16.1. The Kier molecular flexibility index (Phi) is 5.55. The lowest BCUT2D eigenvalue weighted by Gasteiger charge is -2.31. The molecule has 0 saturated carbocycles. The molecular weight excluding hydrogens is 296 g/mol. The molecule has 1 unspecified atom stereocenters. The average molecular weight is 318 g/mol. The van der Waals surface area contributed by atoms with E-state index in [1.165, 1.54) is 5.56 Å². The summed E-state index contributed by atoms with van der Waals surface area (Å²) in [4.78, 5) is 12.4. The molecule has 0 aliphatic carbocycles. The standard InChI is InChI=1S/C17H22N2O2S/c1-4-6-13-14(16(20)21-5-2)15(19-17(22)18-13)12-9-7-11(3)8-10-12/h7-10,15H,4-6H2,1-3H3,(H2,18,19,22). The fourth-order valence-corrected chi connectivity index (χ4v) is 2.76. The molecule has 22 heavy (non-hydrogen) atoms. The monoisotopic (exact) mass is 318 g/mol. The quantitative estimate of drug-likeness (QED) is 0.645. The smallest absolute Gasteiger partial charge is 0.338 e. The van der Waals surface area contributed by atoms with Gasteiger partial charge in [-0.3, -0.25) is 0 Å². The van der Waals surface area contributed by atoms with Crippen LogP contribution < -0.4 is 10.6 Å². The van der Waals surface area contributed by atoms with E-state index in [-0.39, 0.29) is 12.0 Å². The maximum Gasteiger partial charge on any atom is 0.338 e. The van der Waals surface area contributed by atoms with Gasteiger partial charge in [-0.25, -0.2) is 4.79 Å². The molecule has 118 valence electrons. The van der Waals surface area contributed by atoms with E-state index in [0.717, 1.165) is 24.1 Å². The van der Waals surface area contributed by atoms with Crippen molar-refractivity contribution in [1.29, 1.82) is 0 Å². The van der Waals surface area contributed by atoms with E-state index in [4.69, 9.17) is 17.0 Å². The normalized spacial score (nSPS) is 17.8. The molecule has 1 aliphatic heterocycles. The molecule has 0 aromatic heterocycles. The highest BCUT2D eigenvalue weighted by atomic mass is 32.1. The molecule has 0 saturated heterocycles. The summed E-state index contributed by atoms with van der Waals surface area (Å²) >= 11 is 5.30. The van der Waals surface area contributed by atoms with Crippen molar-refractivity contribution >= 4 is 23.3 Å². The van der Waals surface area contributed by atoms with Gasteiger partial charge in [-0.2, -0.15) is 0 Å². The summed E-state index contributed by atoms with van der Waals surface area (Å²) in [6.45, 7) is 6.28. The molecule has 4 nitrogen and oxygen atoms in total. The van der Waals surface area contributed by atoms with Gasteiger partial charge in [-0.05, 0) is 38.0 Å². The van der Waals surface area contributed by atoms with Crippen LogP contribution in [0.5, 0.6) is 0 Å². The summed E-state index contributed by atoms with van der Waals surface area (Å²) < 4.78 is 5.25. The van der Waals surface area contributed by atoms with Gasteiger partial charge in [-0.15, -0.1) is 0 Å². The minimum Gasteiger partial charge on any atom is -0.463 e. The molecule has 0 fully saturated rings.